The molecule has 0 N–H and O–H groups in total. The number of aromatic nitrogens is 4. The number of alkyl halides is 3. The number of methoxy groups -OCH3 is 2. The fraction of sp³-hybridized carbons (Fsp3) is 0.211. The molecule has 0 aliphatic rings. The molecule has 34 heavy (non-hydrogen) atoms. The lowest BCUT2D eigenvalue weighted by Gasteiger charge is -2.16. The summed E-state index contributed by atoms with van der Waals surface area (Å²) in [7, 11) is 3.07. The van der Waals surface area contributed by atoms with Gasteiger partial charge in [-0.05, 0) is 6.07 Å². The van der Waals surface area contributed by atoms with E-state index in [2.05, 4.69) is 14.7 Å². The number of nitrogens with zero attached hydrogens (tertiary/aromatic N) is 4. The van der Waals surface area contributed by atoms with E-state index in [9.17, 15) is 31.9 Å². The molecule has 1 aromatic carbocycles. The van der Waals surface area contributed by atoms with Crippen molar-refractivity contribution < 1.29 is 36.6 Å². The summed E-state index contributed by atoms with van der Waals surface area (Å²) in [5.74, 6) is -2.87. The zero-order valence-electron chi connectivity index (χ0n) is 17.4. The maximum absolute atomic E-state index is 14.7. The fourth-order valence-corrected chi connectivity index (χ4v) is 2.97. The van der Waals surface area contributed by atoms with Crippen LogP contribution < -0.4 is 20.7 Å². The lowest BCUT2D eigenvalue weighted by atomic mass is 10.2. The van der Waals surface area contributed by atoms with Crippen LogP contribution in [0.2, 0.25) is 5.02 Å². The molecule has 0 fully saturated rings. The minimum atomic E-state index is -5.00. The van der Waals surface area contributed by atoms with Gasteiger partial charge in [0.15, 0.2) is 11.4 Å². The van der Waals surface area contributed by atoms with E-state index < -0.39 is 46.3 Å². The van der Waals surface area contributed by atoms with Crippen molar-refractivity contribution in [2.45, 2.75) is 6.18 Å². The van der Waals surface area contributed by atoms with Gasteiger partial charge < -0.3 is 14.2 Å². The Morgan fingerprint density at radius 1 is 1.12 bits per heavy atom. The third kappa shape index (κ3) is 4.57. The highest BCUT2D eigenvalue weighted by Crippen LogP contribution is 2.34. The fourth-order valence-electron chi connectivity index (χ4n) is 2.78. The molecular weight excluding hydrogens is 492 g/mol. The Morgan fingerprint density at radius 3 is 2.38 bits per heavy atom. The molecule has 2 heterocycles. The molecule has 0 spiro atoms. The Bertz CT molecular complexity index is 1400. The molecule has 2 aromatic heterocycles. The summed E-state index contributed by atoms with van der Waals surface area (Å²) in [5, 5.41) is -0.371. The second kappa shape index (κ2) is 9.13. The minimum Gasteiger partial charge on any atom is -0.467 e. The molecule has 15 heteroatoms. The van der Waals surface area contributed by atoms with E-state index in [1.807, 2.05) is 0 Å². The van der Waals surface area contributed by atoms with Crippen LogP contribution in [0, 0.1) is 5.82 Å². The van der Waals surface area contributed by atoms with Crippen LogP contribution in [0.4, 0.5) is 17.6 Å². The number of carbonyl (C=O) groups is 1. The summed E-state index contributed by atoms with van der Waals surface area (Å²) < 4.78 is 69.1. The molecule has 0 bridgehead atoms. The van der Waals surface area contributed by atoms with Gasteiger partial charge in [-0.15, -0.1) is 0 Å². The zero-order chi connectivity index (χ0) is 25.4. The Morgan fingerprint density at radius 2 is 1.79 bits per heavy atom. The smallest absolute Gasteiger partial charge is 0.431 e. The second-order valence-electron chi connectivity index (χ2n) is 6.44. The SMILES string of the molecule is COC(=O)c1nc(OC)ncc1Oc1cc(-n2c(=O)cc(C(F)(F)F)n(C)c2=O)c(F)cc1Cl. The molecule has 0 saturated carbocycles. The van der Waals surface area contributed by atoms with Gasteiger partial charge >= 0.3 is 23.8 Å². The predicted octanol–water partition coefficient (Wildman–Crippen LogP) is 2.73. The summed E-state index contributed by atoms with van der Waals surface area (Å²) in [6, 6.07) is 1.39. The Balaban J connectivity index is 2.19. The van der Waals surface area contributed by atoms with Gasteiger partial charge in [0.1, 0.15) is 17.3 Å². The predicted molar refractivity (Wildman–Crippen MR) is 107 cm³/mol. The van der Waals surface area contributed by atoms with Crippen molar-refractivity contribution in [3.8, 4) is 23.2 Å². The standard InChI is InChI=1S/C19H13ClF4N4O6/c1-27-13(19(22,23)24)6-14(29)28(18(27)31)10-5-11(8(20)4-9(10)21)34-12-7-25-17(33-3)26-15(12)16(30)32-2/h4-7H,1-3H3. The van der Waals surface area contributed by atoms with Gasteiger partial charge in [0.05, 0.1) is 31.1 Å². The summed E-state index contributed by atoms with van der Waals surface area (Å²) in [4.78, 5) is 44.4. The average Bonchev–Trinajstić information content (AvgIpc) is 2.78. The van der Waals surface area contributed by atoms with Crippen molar-refractivity contribution in [2.75, 3.05) is 14.2 Å². The lowest BCUT2D eigenvalue weighted by Crippen LogP contribution is -2.41. The lowest BCUT2D eigenvalue weighted by molar-refractivity contribution is -0.144. The first-order valence-corrected chi connectivity index (χ1v) is 9.33. The molecule has 0 aliphatic heterocycles. The second-order valence-corrected chi connectivity index (χ2v) is 6.85. The first-order valence-electron chi connectivity index (χ1n) is 8.96. The number of esters is 1. The highest BCUT2D eigenvalue weighted by atomic mass is 35.5. The first-order chi connectivity index (χ1) is 15.9. The van der Waals surface area contributed by atoms with Crippen LogP contribution in [0.5, 0.6) is 17.5 Å². The quantitative estimate of drug-likeness (QED) is 0.385. The van der Waals surface area contributed by atoms with Gasteiger partial charge in [-0.1, -0.05) is 11.6 Å². The molecule has 10 nitrogen and oxygen atoms in total. The third-order valence-electron chi connectivity index (χ3n) is 4.37. The molecule has 180 valence electrons. The van der Waals surface area contributed by atoms with E-state index in [-0.39, 0.29) is 37.7 Å². The molecule has 0 unspecified atom stereocenters. The van der Waals surface area contributed by atoms with Gasteiger partial charge in [-0.25, -0.2) is 18.5 Å². The number of halogens is 5. The van der Waals surface area contributed by atoms with Crippen molar-refractivity contribution in [1.29, 1.82) is 0 Å². The third-order valence-corrected chi connectivity index (χ3v) is 4.66. The molecule has 0 radical (unpaired) electrons. The van der Waals surface area contributed by atoms with E-state index in [0.717, 1.165) is 26.4 Å². The first kappa shape index (κ1) is 24.7. The highest BCUT2D eigenvalue weighted by molar-refractivity contribution is 6.32. The van der Waals surface area contributed by atoms with E-state index in [0.29, 0.717) is 6.07 Å². The number of benzene rings is 1. The topological polar surface area (TPSA) is 115 Å². The van der Waals surface area contributed by atoms with Crippen molar-refractivity contribution in [3.63, 3.8) is 0 Å². The van der Waals surface area contributed by atoms with Crippen molar-refractivity contribution in [3.05, 3.63) is 67.5 Å². The van der Waals surface area contributed by atoms with E-state index in [1.165, 1.54) is 7.11 Å². The molecule has 0 amide bonds. The van der Waals surface area contributed by atoms with Crippen LogP contribution in [0.25, 0.3) is 5.69 Å². The van der Waals surface area contributed by atoms with Gasteiger partial charge in [0, 0.05) is 19.2 Å². The Hall–Kier alpha value is -3.94. The summed E-state index contributed by atoms with van der Waals surface area (Å²) in [6.07, 6.45) is -3.99. The molecule has 0 atom stereocenters. The maximum Gasteiger partial charge on any atom is 0.431 e. The number of hydrogen-bond acceptors (Lipinski definition) is 8. The van der Waals surface area contributed by atoms with E-state index in [4.69, 9.17) is 21.1 Å². The van der Waals surface area contributed by atoms with Gasteiger partial charge in [0.2, 0.25) is 0 Å². The Kier molecular flexibility index (Phi) is 6.63. The largest absolute Gasteiger partial charge is 0.467 e. The molecule has 3 rings (SSSR count). The van der Waals surface area contributed by atoms with Crippen molar-refractivity contribution in [2.24, 2.45) is 7.05 Å². The Labute approximate surface area is 191 Å². The zero-order valence-corrected chi connectivity index (χ0v) is 18.2. The number of rotatable bonds is 5. The highest BCUT2D eigenvalue weighted by Gasteiger charge is 2.35. The van der Waals surface area contributed by atoms with Crippen LogP contribution >= 0.6 is 11.6 Å². The van der Waals surface area contributed by atoms with Gasteiger partial charge in [-0.2, -0.15) is 23.1 Å². The van der Waals surface area contributed by atoms with Crippen LogP contribution in [-0.4, -0.2) is 39.3 Å². The summed E-state index contributed by atoms with van der Waals surface area (Å²) in [6.45, 7) is 0. The van der Waals surface area contributed by atoms with E-state index in [1.54, 1.807) is 0 Å². The maximum atomic E-state index is 14.7. The molecule has 3 aromatic rings. The van der Waals surface area contributed by atoms with Crippen molar-refractivity contribution in [1.82, 2.24) is 19.1 Å². The molecule has 0 aliphatic carbocycles. The normalized spacial score (nSPS) is 11.3. The summed E-state index contributed by atoms with van der Waals surface area (Å²) >= 11 is 5.99. The van der Waals surface area contributed by atoms with Crippen LogP contribution in [0.3, 0.4) is 0 Å². The number of hydrogen-bond donors (Lipinski definition) is 0. The average molecular weight is 505 g/mol. The molecule has 0 saturated heterocycles. The molecular formula is C19H13ClF4N4O6. The van der Waals surface area contributed by atoms with Gasteiger partial charge in [-0.3, -0.25) is 9.36 Å². The van der Waals surface area contributed by atoms with Gasteiger partial charge in [0.25, 0.3) is 5.56 Å². The number of carbonyl (C=O) groups excluding carboxylic acids is 1. The van der Waals surface area contributed by atoms with E-state index >= 15 is 0 Å². The minimum absolute atomic E-state index is 0.142. The van der Waals surface area contributed by atoms with Crippen LogP contribution in [0.1, 0.15) is 16.2 Å². The summed E-state index contributed by atoms with van der Waals surface area (Å²) in [5.41, 5.74) is -5.62. The van der Waals surface area contributed by atoms with Crippen molar-refractivity contribution >= 4 is 17.6 Å². The van der Waals surface area contributed by atoms with Crippen LogP contribution in [-0.2, 0) is 18.0 Å². The monoisotopic (exact) mass is 504 g/mol. The number of ether oxygens (including phenoxy) is 3. The van der Waals surface area contributed by atoms with Crippen LogP contribution in [0.15, 0.2) is 34.0 Å².